The van der Waals surface area contributed by atoms with Crippen molar-refractivity contribution in [2.75, 3.05) is 46.5 Å². The van der Waals surface area contributed by atoms with Gasteiger partial charge < -0.3 is 14.6 Å². The highest BCUT2D eigenvalue weighted by Crippen LogP contribution is 2.30. The van der Waals surface area contributed by atoms with Crippen molar-refractivity contribution in [1.82, 2.24) is 9.80 Å². The van der Waals surface area contributed by atoms with Gasteiger partial charge >= 0.3 is 0 Å². The minimum Gasteiger partial charge on any atom is -0.497 e. The van der Waals surface area contributed by atoms with E-state index in [1.165, 1.54) is 10.5 Å². The van der Waals surface area contributed by atoms with Gasteiger partial charge in [-0.25, -0.2) is 0 Å². The quantitative estimate of drug-likeness (QED) is 0.774. The summed E-state index contributed by atoms with van der Waals surface area (Å²) in [6, 6.07) is 10.6. The van der Waals surface area contributed by atoms with Crippen LogP contribution in [-0.2, 0) is 6.54 Å². The molecule has 0 radical (unpaired) electrons. The molecule has 2 aromatic rings. The molecule has 1 aromatic carbocycles. The second-order valence-electron chi connectivity index (χ2n) is 7.45. The number of hydrogen-bond donors (Lipinski definition) is 1. The lowest BCUT2D eigenvalue weighted by atomic mass is 10.0. The van der Waals surface area contributed by atoms with E-state index in [2.05, 4.69) is 33.4 Å². The average Bonchev–Trinajstić information content (AvgIpc) is 3.23. The highest BCUT2D eigenvalue weighted by atomic mass is 32.1. The number of piperazine rings is 1. The Kier molecular flexibility index (Phi) is 6.32. The Morgan fingerprint density at radius 2 is 2.18 bits per heavy atom. The lowest BCUT2D eigenvalue weighted by Gasteiger charge is -2.41. The number of thiophene rings is 1. The van der Waals surface area contributed by atoms with Crippen LogP contribution in [0.3, 0.4) is 0 Å². The largest absolute Gasteiger partial charge is 0.497 e. The third-order valence-corrected chi connectivity index (χ3v) is 6.37. The van der Waals surface area contributed by atoms with Gasteiger partial charge in [-0.05, 0) is 47.7 Å². The van der Waals surface area contributed by atoms with Crippen LogP contribution in [0.15, 0.2) is 41.3 Å². The summed E-state index contributed by atoms with van der Waals surface area (Å²) >= 11 is 1.81. The summed E-state index contributed by atoms with van der Waals surface area (Å²) in [5, 5.41) is 11.7. The van der Waals surface area contributed by atoms with Crippen molar-refractivity contribution in [1.29, 1.82) is 0 Å². The van der Waals surface area contributed by atoms with Crippen LogP contribution in [0.4, 0.5) is 0 Å². The van der Waals surface area contributed by atoms with Crippen molar-refractivity contribution >= 4 is 17.4 Å². The van der Waals surface area contributed by atoms with Crippen LogP contribution >= 0.6 is 11.3 Å². The van der Waals surface area contributed by atoms with E-state index in [4.69, 9.17) is 9.47 Å². The number of fused-ring (bicyclic) bond motifs is 1. The Balaban J connectivity index is 1.40. The normalized spacial score (nSPS) is 20.4. The fourth-order valence-electron chi connectivity index (χ4n) is 4.04. The maximum atomic E-state index is 9.54. The van der Waals surface area contributed by atoms with E-state index < -0.39 is 0 Å². The highest BCUT2D eigenvalue weighted by Gasteiger charge is 2.27. The maximum absolute atomic E-state index is 9.54. The third-order valence-electron chi connectivity index (χ3n) is 5.51. The molecule has 1 saturated heterocycles. The van der Waals surface area contributed by atoms with Gasteiger partial charge in [0, 0.05) is 55.8 Å². The monoisotopic (exact) mass is 400 g/mol. The molecule has 150 valence electrons. The number of aliphatic hydroxyl groups excluding tert-OH is 1. The number of hydrogen-bond acceptors (Lipinski definition) is 6. The average molecular weight is 401 g/mol. The number of benzene rings is 1. The van der Waals surface area contributed by atoms with Gasteiger partial charge in [0.05, 0.1) is 7.11 Å². The van der Waals surface area contributed by atoms with Crippen molar-refractivity contribution in [3.63, 3.8) is 0 Å². The first-order valence-electron chi connectivity index (χ1n) is 9.85. The van der Waals surface area contributed by atoms with E-state index in [0.29, 0.717) is 12.6 Å². The topological polar surface area (TPSA) is 45.2 Å². The molecule has 6 heteroatoms. The molecule has 1 aromatic heterocycles. The molecule has 0 unspecified atom stereocenters. The Bertz CT molecular complexity index is 806. The minimum absolute atomic E-state index is 0.235. The Morgan fingerprint density at radius 1 is 1.25 bits per heavy atom. The van der Waals surface area contributed by atoms with Crippen LogP contribution < -0.4 is 9.47 Å². The van der Waals surface area contributed by atoms with E-state index in [0.717, 1.165) is 56.2 Å². The summed E-state index contributed by atoms with van der Waals surface area (Å²) in [6.07, 6.45) is 3.05. The fourth-order valence-corrected chi connectivity index (χ4v) is 4.77. The Labute approximate surface area is 170 Å². The predicted molar refractivity (Wildman–Crippen MR) is 113 cm³/mol. The minimum atomic E-state index is 0.235. The van der Waals surface area contributed by atoms with Gasteiger partial charge in [0.2, 0.25) is 0 Å². The number of nitrogens with zero attached hydrogens (tertiary/aromatic N) is 2. The zero-order chi connectivity index (χ0) is 19.3. The molecule has 2 aliphatic heterocycles. The second kappa shape index (κ2) is 9.09. The molecule has 4 rings (SSSR count). The highest BCUT2D eigenvalue weighted by molar-refractivity contribution is 7.09. The van der Waals surface area contributed by atoms with E-state index in [9.17, 15) is 5.11 Å². The zero-order valence-corrected chi connectivity index (χ0v) is 17.2. The van der Waals surface area contributed by atoms with Gasteiger partial charge in [-0.3, -0.25) is 9.80 Å². The van der Waals surface area contributed by atoms with Crippen molar-refractivity contribution < 1.29 is 14.6 Å². The standard InChI is InChI=1S/C22H28N2O3S/c1-26-20-4-5-22-18(12-20)11-17(16-27-22)13-23-7-8-24(19(14-23)6-9-25)15-21-3-2-10-28-21/h2-5,10-12,19,25H,6-9,13-16H2,1H3/t19-/m0/s1. The summed E-state index contributed by atoms with van der Waals surface area (Å²) in [6.45, 7) is 5.81. The van der Waals surface area contributed by atoms with Gasteiger partial charge in [0.1, 0.15) is 18.1 Å². The first-order chi connectivity index (χ1) is 13.7. The molecule has 0 amide bonds. The summed E-state index contributed by atoms with van der Waals surface area (Å²) in [5.41, 5.74) is 2.37. The van der Waals surface area contributed by atoms with Gasteiger partial charge in [0.15, 0.2) is 0 Å². The molecule has 0 aliphatic carbocycles. The number of rotatable bonds is 7. The van der Waals surface area contributed by atoms with Crippen LogP contribution in [0.2, 0.25) is 0 Å². The Hall–Kier alpha value is -1.86. The molecule has 28 heavy (non-hydrogen) atoms. The predicted octanol–water partition coefficient (Wildman–Crippen LogP) is 3.10. The van der Waals surface area contributed by atoms with Gasteiger partial charge in [-0.2, -0.15) is 0 Å². The van der Waals surface area contributed by atoms with E-state index in [1.807, 2.05) is 29.5 Å². The van der Waals surface area contributed by atoms with Crippen molar-refractivity contribution in [3.8, 4) is 11.5 Å². The molecule has 0 bridgehead atoms. The third kappa shape index (κ3) is 4.58. The summed E-state index contributed by atoms with van der Waals surface area (Å²) in [4.78, 5) is 6.40. The van der Waals surface area contributed by atoms with Crippen LogP contribution in [-0.4, -0.2) is 67.5 Å². The smallest absolute Gasteiger partial charge is 0.127 e. The molecule has 1 N–H and O–H groups in total. The van der Waals surface area contributed by atoms with Crippen LogP contribution in [0.5, 0.6) is 11.5 Å². The summed E-state index contributed by atoms with van der Waals surface area (Å²) in [5.74, 6) is 1.77. The summed E-state index contributed by atoms with van der Waals surface area (Å²) in [7, 11) is 1.69. The molecule has 0 saturated carbocycles. The fraction of sp³-hybridized carbons (Fsp3) is 0.455. The van der Waals surface area contributed by atoms with Gasteiger partial charge in [-0.15, -0.1) is 11.3 Å². The van der Waals surface area contributed by atoms with Crippen molar-refractivity contribution in [2.24, 2.45) is 0 Å². The van der Waals surface area contributed by atoms with Crippen LogP contribution in [0.1, 0.15) is 16.9 Å². The number of aliphatic hydroxyl groups is 1. The summed E-state index contributed by atoms with van der Waals surface area (Å²) < 4.78 is 11.3. The van der Waals surface area contributed by atoms with E-state index in [-0.39, 0.29) is 6.61 Å². The molecule has 0 spiro atoms. The molecule has 2 aliphatic rings. The first-order valence-corrected chi connectivity index (χ1v) is 10.7. The lowest BCUT2D eigenvalue weighted by molar-refractivity contribution is 0.0581. The van der Waals surface area contributed by atoms with Crippen molar-refractivity contribution in [3.05, 3.63) is 51.7 Å². The number of methoxy groups -OCH3 is 1. The molecule has 1 atom stereocenters. The number of ether oxygens (including phenoxy) is 2. The van der Waals surface area contributed by atoms with Crippen molar-refractivity contribution in [2.45, 2.75) is 19.0 Å². The maximum Gasteiger partial charge on any atom is 0.127 e. The molecule has 1 fully saturated rings. The second-order valence-corrected chi connectivity index (χ2v) is 8.48. The SMILES string of the molecule is COc1ccc2c(c1)C=C(CN1CCN(Cc3cccs3)[C@@H](CCO)C1)CO2. The van der Waals surface area contributed by atoms with Crippen LogP contribution in [0, 0.1) is 0 Å². The molecular weight excluding hydrogens is 372 g/mol. The van der Waals surface area contributed by atoms with Gasteiger partial charge in [0.25, 0.3) is 0 Å². The Morgan fingerprint density at radius 3 is 2.96 bits per heavy atom. The first kappa shape index (κ1) is 19.5. The van der Waals surface area contributed by atoms with E-state index in [1.54, 1.807) is 7.11 Å². The molecule has 5 nitrogen and oxygen atoms in total. The van der Waals surface area contributed by atoms with Crippen LogP contribution in [0.25, 0.3) is 6.08 Å². The molecular formula is C22H28N2O3S. The zero-order valence-electron chi connectivity index (χ0n) is 16.3. The lowest BCUT2D eigenvalue weighted by Crippen LogP contribution is -2.53. The van der Waals surface area contributed by atoms with E-state index >= 15 is 0 Å². The van der Waals surface area contributed by atoms with Gasteiger partial charge in [-0.1, -0.05) is 6.07 Å². The molecule has 3 heterocycles.